The normalized spacial score (nSPS) is 35.0. The maximum atomic E-state index is 13.1. The predicted molar refractivity (Wildman–Crippen MR) is 106 cm³/mol. The second-order valence-electron chi connectivity index (χ2n) is 8.86. The number of ketones is 2. The van der Waals surface area contributed by atoms with Crippen LogP contribution in [-0.4, -0.2) is 59.8 Å². The first-order valence-electron chi connectivity index (χ1n) is 10.2. The number of carbonyl (C=O) groups excluding carboxylic acids is 2. The quantitative estimate of drug-likeness (QED) is 0.751. The van der Waals surface area contributed by atoms with Crippen LogP contribution in [-0.2, 0) is 9.59 Å². The molecule has 26 heavy (non-hydrogen) atoms. The van der Waals surface area contributed by atoms with Crippen molar-refractivity contribution in [1.29, 1.82) is 0 Å². The molecule has 2 heterocycles. The lowest BCUT2D eigenvalue weighted by Gasteiger charge is -2.35. The molecule has 0 aromatic rings. The molecule has 0 aliphatic carbocycles. The van der Waals surface area contributed by atoms with Crippen molar-refractivity contribution in [3.8, 4) is 0 Å². The van der Waals surface area contributed by atoms with E-state index in [1.54, 1.807) is 0 Å². The van der Waals surface area contributed by atoms with Gasteiger partial charge < -0.3 is 5.32 Å². The third-order valence-electron chi connectivity index (χ3n) is 5.73. The average molecular weight is 364 g/mol. The van der Waals surface area contributed by atoms with Crippen LogP contribution in [0.3, 0.4) is 0 Å². The number of allylic oxidation sites excluding steroid dienone is 1. The molecule has 0 radical (unpaired) electrons. The van der Waals surface area contributed by atoms with Crippen LogP contribution < -0.4 is 10.6 Å². The van der Waals surface area contributed by atoms with Crippen LogP contribution in [0.4, 0.5) is 0 Å². The zero-order valence-electron chi connectivity index (χ0n) is 17.2. The van der Waals surface area contributed by atoms with E-state index in [2.05, 4.69) is 41.5 Å². The van der Waals surface area contributed by atoms with E-state index in [0.717, 1.165) is 38.8 Å². The van der Waals surface area contributed by atoms with Crippen molar-refractivity contribution >= 4 is 11.6 Å². The number of nitrogens with zero attached hydrogens (tertiary/aromatic N) is 1. The smallest absolute Gasteiger partial charge is 0.166 e. The Labute approximate surface area is 159 Å². The van der Waals surface area contributed by atoms with E-state index in [0.29, 0.717) is 6.54 Å². The molecule has 0 aromatic heterocycles. The summed E-state index contributed by atoms with van der Waals surface area (Å²) in [5, 5.41) is 6.89. The largest absolute Gasteiger partial charge is 0.303 e. The Morgan fingerprint density at radius 3 is 2.62 bits per heavy atom. The van der Waals surface area contributed by atoms with Crippen LogP contribution in [0.1, 0.15) is 60.3 Å². The summed E-state index contributed by atoms with van der Waals surface area (Å²) in [6, 6.07) is 0.239. The summed E-state index contributed by atoms with van der Waals surface area (Å²) >= 11 is 0. The van der Waals surface area contributed by atoms with Gasteiger partial charge in [-0.25, -0.2) is 0 Å². The number of Topliss-reactive ketones (excluding diaryl/α,β-unsaturated/α-hetero) is 2. The van der Waals surface area contributed by atoms with E-state index < -0.39 is 11.1 Å². The number of carbonyl (C=O) groups is 2. The molecule has 2 N–H and O–H groups in total. The lowest BCUT2D eigenvalue weighted by Crippen LogP contribution is -2.61. The highest BCUT2D eigenvalue weighted by Gasteiger charge is 2.45. The Kier molecular flexibility index (Phi) is 7.17. The summed E-state index contributed by atoms with van der Waals surface area (Å²) in [6.45, 7) is 12.8. The molecule has 3 atom stereocenters. The van der Waals surface area contributed by atoms with Gasteiger partial charge in [0.2, 0.25) is 0 Å². The van der Waals surface area contributed by atoms with Gasteiger partial charge in [0.05, 0.1) is 17.6 Å². The van der Waals surface area contributed by atoms with Crippen LogP contribution in [0.2, 0.25) is 0 Å². The third-order valence-corrected chi connectivity index (χ3v) is 5.73. The highest BCUT2D eigenvalue weighted by atomic mass is 16.1. The van der Waals surface area contributed by atoms with Crippen molar-refractivity contribution in [3.63, 3.8) is 0 Å². The summed E-state index contributed by atoms with van der Waals surface area (Å²) in [4.78, 5) is 28.4. The van der Waals surface area contributed by atoms with Gasteiger partial charge in [-0.2, -0.15) is 0 Å². The van der Waals surface area contributed by atoms with E-state index in [9.17, 15) is 9.59 Å². The molecule has 2 aliphatic heterocycles. The Hall–Kier alpha value is -1.04. The molecule has 1 unspecified atom stereocenters. The fourth-order valence-corrected chi connectivity index (χ4v) is 4.32. The molecule has 2 aliphatic rings. The summed E-state index contributed by atoms with van der Waals surface area (Å²) in [7, 11) is 0. The van der Waals surface area contributed by atoms with Crippen LogP contribution in [0, 0.1) is 5.92 Å². The molecule has 0 spiro atoms. The third kappa shape index (κ3) is 5.02. The van der Waals surface area contributed by atoms with E-state index in [4.69, 9.17) is 0 Å². The standard InChI is InChI=1S/C21H37N3O2/c1-16(2)19(26)21-11-13-24(15-21)12-9-7-6-8-10-20(5,23-17(3)4)18(25)14-22-21/h7,9,16-17,22-23H,6,8,10-15H2,1-5H3/b9-7+/t20-,21-/m1/s1. The second-order valence-corrected chi connectivity index (χ2v) is 8.86. The van der Waals surface area contributed by atoms with E-state index in [-0.39, 0.29) is 30.1 Å². The molecule has 5 nitrogen and oxygen atoms in total. The van der Waals surface area contributed by atoms with Gasteiger partial charge in [-0.3, -0.25) is 19.8 Å². The summed E-state index contributed by atoms with van der Waals surface area (Å²) in [5.41, 5.74) is -1.14. The molecule has 148 valence electrons. The van der Waals surface area contributed by atoms with Crippen molar-refractivity contribution in [2.24, 2.45) is 5.92 Å². The maximum Gasteiger partial charge on any atom is 0.166 e. The van der Waals surface area contributed by atoms with Gasteiger partial charge in [-0.1, -0.05) is 26.0 Å². The highest BCUT2D eigenvalue weighted by molar-refractivity contribution is 5.93. The molecule has 0 amide bonds. The van der Waals surface area contributed by atoms with Crippen molar-refractivity contribution in [2.75, 3.05) is 26.2 Å². The molecule has 2 bridgehead atoms. The van der Waals surface area contributed by atoms with Crippen molar-refractivity contribution < 1.29 is 9.59 Å². The van der Waals surface area contributed by atoms with Gasteiger partial charge in [0.1, 0.15) is 0 Å². The van der Waals surface area contributed by atoms with Gasteiger partial charge in [-0.15, -0.1) is 0 Å². The highest BCUT2D eigenvalue weighted by Crippen LogP contribution is 2.26. The molecule has 5 heteroatoms. The zero-order valence-corrected chi connectivity index (χ0v) is 17.2. The SMILES string of the molecule is CC(C)N[C@]1(C)CCC/C=C/CN2CC[C@](C(=O)C(C)C)(C2)NCC1=O. The average Bonchev–Trinajstić information content (AvgIpc) is 2.98. The number of hydrogen-bond acceptors (Lipinski definition) is 5. The van der Waals surface area contributed by atoms with Crippen molar-refractivity contribution in [2.45, 2.75) is 77.4 Å². The minimum atomic E-state index is -0.593. The maximum absolute atomic E-state index is 13.1. The molecule has 0 aromatic carbocycles. The minimum absolute atomic E-state index is 0.0380. The number of hydrogen-bond donors (Lipinski definition) is 2. The number of fused-ring (bicyclic) bond motifs is 2. The van der Waals surface area contributed by atoms with Gasteiger partial charge in [0, 0.05) is 31.6 Å². The summed E-state index contributed by atoms with van der Waals surface area (Å²) < 4.78 is 0. The first-order valence-corrected chi connectivity index (χ1v) is 10.2. The predicted octanol–water partition coefficient (Wildman–Crippen LogP) is 2.31. The van der Waals surface area contributed by atoms with E-state index in [1.165, 1.54) is 0 Å². The zero-order chi connectivity index (χ0) is 19.4. The fourth-order valence-electron chi connectivity index (χ4n) is 4.32. The molecule has 2 rings (SSSR count). The molecular weight excluding hydrogens is 326 g/mol. The molecular formula is C21H37N3O2. The van der Waals surface area contributed by atoms with E-state index in [1.807, 2.05) is 20.8 Å². The first-order chi connectivity index (χ1) is 12.2. The minimum Gasteiger partial charge on any atom is -0.303 e. The van der Waals surface area contributed by atoms with Crippen molar-refractivity contribution in [1.82, 2.24) is 15.5 Å². The summed E-state index contributed by atoms with van der Waals surface area (Å²) in [6.07, 6.45) is 7.98. The Balaban J connectivity index is 2.25. The van der Waals surface area contributed by atoms with Crippen LogP contribution >= 0.6 is 0 Å². The lowest BCUT2D eigenvalue weighted by molar-refractivity contribution is -0.129. The Morgan fingerprint density at radius 1 is 1.23 bits per heavy atom. The number of rotatable bonds is 4. The van der Waals surface area contributed by atoms with Crippen LogP contribution in [0.25, 0.3) is 0 Å². The molecule has 0 saturated carbocycles. The monoisotopic (exact) mass is 363 g/mol. The van der Waals surface area contributed by atoms with Crippen molar-refractivity contribution in [3.05, 3.63) is 12.2 Å². The summed E-state index contributed by atoms with van der Waals surface area (Å²) in [5.74, 6) is 0.345. The van der Waals surface area contributed by atoms with Gasteiger partial charge in [0.25, 0.3) is 0 Å². The Bertz CT molecular complexity index is 543. The van der Waals surface area contributed by atoms with Gasteiger partial charge in [-0.05, 0) is 46.5 Å². The molecule has 1 saturated heterocycles. The fraction of sp³-hybridized carbons (Fsp3) is 0.810. The first kappa shape index (κ1) is 21.3. The van der Waals surface area contributed by atoms with E-state index >= 15 is 0 Å². The van der Waals surface area contributed by atoms with Crippen LogP contribution in [0.5, 0.6) is 0 Å². The van der Waals surface area contributed by atoms with Gasteiger partial charge in [0.15, 0.2) is 11.6 Å². The lowest BCUT2D eigenvalue weighted by atomic mass is 9.84. The number of nitrogens with one attached hydrogen (secondary N) is 2. The molecule has 1 fully saturated rings. The topological polar surface area (TPSA) is 61.4 Å². The van der Waals surface area contributed by atoms with Gasteiger partial charge >= 0.3 is 0 Å². The van der Waals surface area contributed by atoms with Crippen LogP contribution in [0.15, 0.2) is 12.2 Å². The Morgan fingerprint density at radius 2 is 1.96 bits per heavy atom. The second kappa shape index (κ2) is 8.77.